The molecular weight excluding hydrogens is 318 g/mol. The lowest BCUT2D eigenvalue weighted by Gasteiger charge is -2.40. The lowest BCUT2D eigenvalue weighted by molar-refractivity contribution is 0.361. The van der Waals surface area contributed by atoms with Crippen molar-refractivity contribution in [2.24, 2.45) is 5.73 Å². The average Bonchev–Trinajstić information content (AvgIpc) is 2.40. The predicted molar refractivity (Wildman–Crippen MR) is 79.5 cm³/mol. The number of hydrogen-bond donors (Lipinski definition) is 2. The molecule has 0 aliphatic heterocycles. The first-order valence-corrected chi connectivity index (χ1v) is 9.27. The molecule has 0 aromatic heterocycles. The molecule has 0 amide bonds. The van der Waals surface area contributed by atoms with Crippen LogP contribution in [0.3, 0.4) is 0 Å². The summed E-state index contributed by atoms with van der Waals surface area (Å²) in [5.74, 6) is -2.58. The molecule has 2 rings (SSSR count). The van der Waals surface area contributed by atoms with E-state index in [1.54, 1.807) is 11.8 Å². The fourth-order valence-electron chi connectivity index (χ4n) is 2.26. The molecule has 0 spiro atoms. The highest BCUT2D eigenvalue weighted by atomic mass is 32.2. The van der Waals surface area contributed by atoms with Gasteiger partial charge in [-0.05, 0) is 36.8 Å². The fraction of sp³-hybridized carbons (Fsp3) is 0.538. The van der Waals surface area contributed by atoms with Crippen LogP contribution < -0.4 is 10.5 Å². The smallest absolute Gasteiger partial charge is 0.243 e. The van der Waals surface area contributed by atoms with Crippen molar-refractivity contribution >= 4 is 21.8 Å². The molecule has 1 aliphatic rings. The fourth-order valence-corrected chi connectivity index (χ4v) is 4.53. The Kier molecular flexibility index (Phi) is 4.92. The molecule has 21 heavy (non-hydrogen) atoms. The van der Waals surface area contributed by atoms with Crippen molar-refractivity contribution in [2.75, 3.05) is 12.8 Å². The minimum atomic E-state index is -4.10. The number of nitrogens with one attached hydrogen (secondary N) is 1. The Balaban J connectivity index is 2.25. The third-order valence-electron chi connectivity index (χ3n) is 3.86. The first-order valence-electron chi connectivity index (χ1n) is 6.56. The van der Waals surface area contributed by atoms with E-state index in [1.165, 1.54) is 0 Å². The number of benzene rings is 1. The first-order chi connectivity index (χ1) is 9.83. The molecular formula is C13H18F2N2O2S2. The third kappa shape index (κ3) is 3.39. The van der Waals surface area contributed by atoms with Gasteiger partial charge in [-0.1, -0.05) is 6.42 Å². The van der Waals surface area contributed by atoms with E-state index in [2.05, 4.69) is 4.72 Å². The second kappa shape index (κ2) is 6.20. The quantitative estimate of drug-likeness (QED) is 0.833. The monoisotopic (exact) mass is 336 g/mol. The van der Waals surface area contributed by atoms with Gasteiger partial charge < -0.3 is 5.73 Å². The van der Waals surface area contributed by atoms with Crippen LogP contribution in [-0.2, 0) is 16.6 Å². The summed E-state index contributed by atoms with van der Waals surface area (Å²) in [5.41, 5.74) is 5.60. The van der Waals surface area contributed by atoms with Crippen LogP contribution >= 0.6 is 11.8 Å². The van der Waals surface area contributed by atoms with Gasteiger partial charge in [-0.3, -0.25) is 0 Å². The number of halogens is 2. The van der Waals surface area contributed by atoms with Gasteiger partial charge in [0.25, 0.3) is 0 Å². The van der Waals surface area contributed by atoms with Crippen molar-refractivity contribution in [3.8, 4) is 0 Å². The molecule has 1 saturated carbocycles. The van der Waals surface area contributed by atoms with E-state index in [0.29, 0.717) is 0 Å². The van der Waals surface area contributed by atoms with E-state index in [0.717, 1.165) is 31.4 Å². The summed E-state index contributed by atoms with van der Waals surface area (Å²) < 4.78 is 53.9. The van der Waals surface area contributed by atoms with Gasteiger partial charge in [-0.25, -0.2) is 21.9 Å². The summed E-state index contributed by atoms with van der Waals surface area (Å²) >= 11 is 1.60. The van der Waals surface area contributed by atoms with Gasteiger partial charge in [0.05, 0.1) is 0 Å². The summed E-state index contributed by atoms with van der Waals surface area (Å²) in [5, 5.41) is 0. The Morgan fingerprint density at radius 2 is 2.05 bits per heavy atom. The minimum Gasteiger partial charge on any atom is -0.326 e. The van der Waals surface area contributed by atoms with Crippen molar-refractivity contribution in [3.05, 3.63) is 29.3 Å². The SMILES string of the molecule is CSC1(CNS(=O)(=O)c2cc(CN)cc(F)c2F)CCC1. The molecule has 0 unspecified atom stereocenters. The van der Waals surface area contributed by atoms with E-state index in [-0.39, 0.29) is 23.4 Å². The van der Waals surface area contributed by atoms with Gasteiger partial charge in [0.2, 0.25) is 10.0 Å². The molecule has 1 aromatic carbocycles. The summed E-state index contributed by atoms with van der Waals surface area (Å²) in [7, 11) is -4.10. The summed E-state index contributed by atoms with van der Waals surface area (Å²) in [6.07, 6.45) is 4.80. The van der Waals surface area contributed by atoms with E-state index in [4.69, 9.17) is 5.73 Å². The maximum Gasteiger partial charge on any atom is 0.243 e. The standard InChI is InChI=1S/C13H18F2N2O2S2/c1-20-13(3-2-4-13)8-17-21(18,19)11-6-9(7-16)5-10(14)12(11)15/h5-6,17H,2-4,7-8,16H2,1H3. The Morgan fingerprint density at radius 3 is 2.52 bits per heavy atom. The Morgan fingerprint density at radius 1 is 1.38 bits per heavy atom. The van der Waals surface area contributed by atoms with E-state index < -0.39 is 26.6 Å². The van der Waals surface area contributed by atoms with Crippen molar-refractivity contribution in [1.82, 2.24) is 4.72 Å². The van der Waals surface area contributed by atoms with Crippen molar-refractivity contribution in [2.45, 2.75) is 35.4 Å². The summed E-state index contributed by atoms with van der Waals surface area (Å²) in [6.45, 7) is 0.152. The Labute approximate surface area is 127 Å². The van der Waals surface area contributed by atoms with Crippen LogP contribution in [0.5, 0.6) is 0 Å². The van der Waals surface area contributed by atoms with Crippen LogP contribution in [-0.4, -0.2) is 26.0 Å². The topological polar surface area (TPSA) is 72.2 Å². The largest absolute Gasteiger partial charge is 0.326 e. The minimum absolute atomic E-state index is 0.0610. The highest BCUT2D eigenvalue weighted by Gasteiger charge is 2.37. The normalized spacial score (nSPS) is 17.5. The molecule has 0 bridgehead atoms. The number of sulfonamides is 1. The zero-order valence-corrected chi connectivity index (χ0v) is 13.3. The van der Waals surface area contributed by atoms with Gasteiger partial charge >= 0.3 is 0 Å². The van der Waals surface area contributed by atoms with E-state index >= 15 is 0 Å². The maximum atomic E-state index is 13.8. The highest BCUT2D eigenvalue weighted by Crippen LogP contribution is 2.42. The lowest BCUT2D eigenvalue weighted by Crippen LogP contribution is -2.45. The van der Waals surface area contributed by atoms with E-state index in [9.17, 15) is 17.2 Å². The van der Waals surface area contributed by atoms with Crippen LogP contribution in [0.15, 0.2) is 17.0 Å². The van der Waals surface area contributed by atoms with Gasteiger partial charge in [-0.15, -0.1) is 0 Å². The van der Waals surface area contributed by atoms with Crippen LogP contribution in [0.2, 0.25) is 0 Å². The van der Waals surface area contributed by atoms with Crippen LogP contribution in [0.25, 0.3) is 0 Å². The molecule has 1 aromatic rings. The van der Waals surface area contributed by atoms with Crippen molar-refractivity contribution in [3.63, 3.8) is 0 Å². The zero-order chi connectivity index (χ0) is 15.7. The Hall–Kier alpha value is -0.700. The molecule has 1 aliphatic carbocycles. The zero-order valence-electron chi connectivity index (χ0n) is 11.7. The molecule has 0 saturated heterocycles. The van der Waals surface area contributed by atoms with Gasteiger partial charge in [-0.2, -0.15) is 11.8 Å². The molecule has 1 fully saturated rings. The second-order valence-electron chi connectivity index (χ2n) is 5.16. The molecule has 3 N–H and O–H groups in total. The number of hydrogen-bond acceptors (Lipinski definition) is 4. The maximum absolute atomic E-state index is 13.8. The third-order valence-corrected chi connectivity index (χ3v) is 6.68. The molecule has 0 heterocycles. The van der Waals surface area contributed by atoms with Gasteiger partial charge in [0.1, 0.15) is 4.90 Å². The van der Waals surface area contributed by atoms with Crippen LogP contribution in [0.1, 0.15) is 24.8 Å². The van der Waals surface area contributed by atoms with E-state index in [1.807, 2.05) is 6.26 Å². The highest BCUT2D eigenvalue weighted by molar-refractivity contribution is 8.00. The molecule has 0 atom stereocenters. The van der Waals surface area contributed by atoms with Gasteiger partial charge in [0, 0.05) is 17.8 Å². The first kappa shape index (κ1) is 16.7. The average molecular weight is 336 g/mol. The second-order valence-corrected chi connectivity index (χ2v) is 8.17. The molecule has 0 radical (unpaired) electrons. The number of thioether (sulfide) groups is 1. The summed E-state index contributed by atoms with van der Waals surface area (Å²) in [4.78, 5) is -0.682. The predicted octanol–water partition coefficient (Wildman–Crippen LogP) is 1.99. The lowest BCUT2D eigenvalue weighted by atomic mass is 9.84. The Bertz CT molecular complexity index is 626. The van der Waals surface area contributed by atoms with Gasteiger partial charge in [0.15, 0.2) is 11.6 Å². The van der Waals surface area contributed by atoms with Crippen molar-refractivity contribution < 1.29 is 17.2 Å². The van der Waals surface area contributed by atoms with Crippen molar-refractivity contribution in [1.29, 1.82) is 0 Å². The molecule has 8 heteroatoms. The number of nitrogens with two attached hydrogens (primary N) is 1. The molecule has 118 valence electrons. The molecule has 4 nitrogen and oxygen atoms in total. The van der Waals surface area contributed by atoms with Crippen LogP contribution in [0.4, 0.5) is 8.78 Å². The summed E-state index contributed by atoms with van der Waals surface area (Å²) in [6, 6.07) is 1.98. The van der Waals surface area contributed by atoms with Crippen LogP contribution in [0, 0.1) is 11.6 Å². The number of rotatable bonds is 6.